The summed E-state index contributed by atoms with van der Waals surface area (Å²) in [4.78, 5) is 13.7. The first-order valence-electron chi connectivity index (χ1n) is 4.24. The average Bonchev–Trinajstić information content (AvgIpc) is 2.16. The molecule has 3 N–H and O–H groups in total. The monoisotopic (exact) mass is 246 g/mol. The van der Waals surface area contributed by atoms with Crippen molar-refractivity contribution < 1.29 is 13.3 Å². The van der Waals surface area contributed by atoms with Crippen LogP contribution in [0.2, 0.25) is 0 Å². The normalized spacial score (nSPS) is 11.1. The summed E-state index contributed by atoms with van der Waals surface area (Å²) in [7, 11) is -3.59. The van der Waals surface area contributed by atoms with Gasteiger partial charge in [0.05, 0.1) is 10.7 Å². The van der Waals surface area contributed by atoms with Crippen molar-refractivity contribution in [3.8, 4) is 0 Å². The SMILES string of the molecule is NS(=O)(=O)CCNc1ncccc1[N+](=O)[O-]. The number of nitrogens with one attached hydrogen (secondary N) is 1. The van der Waals surface area contributed by atoms with E-state index in [4.69, 9.17) is 5.14 Å². The number of sulfonamides is 1. The zero-order valence-corrected chi connectivity index (χ0v) is 8.98. The maximum atomic E-state index is 10.6. The number of nitro groups is 1. The van der Waals surface area contributed by atoms with Crippen molar-refractivity contribution in [2.45, 2.75) is 0 Å². The molecule has 8 nitrogen and oxygen atoms in total. The molecule has 1 aromatic rings. The van der Waals surface area contributed by atoms with Crippen molar-refractivity contribution in [1.29, 1.82) is 0 Å². The summed E-state index contributed by atoms with van der Waals surface area (Å²) in [5, 5.41) is 17.9. The Morgan fingerprint density at radius 2 is 2.25 bits per heavy atom. The van der Waals surface area contributed by atoms with Crippen molar-refractivity contribution in [3.63, 3.8) is 0 Å². The topological polar surface area (TPSA) is 128 Å². The lowest BCUT2D eigenvalue weighted by molar-refractivity contribution is -0.384. The Morgan fingerprint density at radius 3 is 2.81 bits per heavy atom. The molecule has 0 amide bonds. The van der Waals surface area contributed by atoms with Crippen LogP contribution in [0.25, 0.3) is 0 Å². The predicted octanol–water partition coefficient (Wildman–Crippen LogP) is -0.310. The zero-order chi connectivity index (χ0) is 12.2. The number of nitrogens with two attached hydrogens (primary N) is 1. The van der Waals surface area contributed by atoms with Crippen molar-refractivity contribution in [2.24, 2.45) is 5.14 Å². The highest BCUT2D eigenvalue weighted by Crippen LogP contribution is 2.19. The van der Waals surface area contributed by atoms with Gasteiger partial charge in [0.15, 0.2) is 0 Å². The Kier molecular flexibility index (Phi) is 3.74. The molecule has 0 saturated carbocycles. The minimum absolute atomic E-state index is 0.0242. The zero-order valence-electron chi connectivity index (χ0n) is 8.16. The van der Waals surface area contributed by atoms with Crippen molar-refractivity contribution >= 4 is 21.5 Å². The molecule has 0 radical (unpaired) electrons. The molecule has 0 bridgehead atoms. The molecule has 16 heavy (non-hydrogen) atoms. The molecule has 0 unspecified atom stereocenters. The number of rotatable bonds is 5. The third kappa shape index (κ3) is 3.79. The lowest BCUT2D eigenvalue weighted by Crippen LogP contribution is -2.22. The third-order valence-electron chi connectivity index (χ3n) is 1.66. The van der Waals surface area contributed by atoms with E-state index >= 15 is 0 Å². The molecular weight excluding hydrogens is 236 g/mol. The van der Waals surface area contributed by atoms with Gasteiger partial charge in [-0.25, -0.2) is 18.5 Å². The van der Waals surface area contributed by atoms with Crippen LogP contribution in [0.4, 0.5) is 11.5 Å². The Morgan fingerprint density at radius 1 is 1.56 bits per heavy atom. The largest absolute Gasteiger partial charge is 0.363 e. The van der Waals surface area contributed by atoms with Crippen LogP contribution in [0.5, 0.6) is 0 Å². The van der Waals surface area contributed by atoms with Gasteiger partial charge in [0.1, 0.15) is 0 Å². The van der Waals surface area contributed by atoms with Crippen molar-refractivity contribution in [3.05, 3.63) is 28.4 Å². The Hall–Kier alpha value is -1.74. The average molecular weight is 246 g/mol. The Balaban J connectivity index is 2.71. The smallest absolute Gasteiger partial charge is 0.311 e. The van der Waals surface area contributed by atoms with Crippen molar-refractivity contribution in [1.82, 2.24) is 4.98 Å². The van der Waals surface area contributed by atoms with E-state index in [-0.39, 0.29) is 23.8 Å². The molecule has 0 aliphatic carbocycles. The van der Waals surface area contributed by atoms with Crippen LogP contribution in [-0.4, -0.2) is 30.6 Å². The van der Waals surface area contributed by atoms with Gasteiger partial charge in [-0.1, -0.05) is 0 Å². The summed E-state index contributed by atoms with van der Waals surface area (Å²) in [5.74, 6) is -0.295. The number of aromatic nitrogens is 1. The lowest BCUT2D eigenvalue weighted by Gasteiger charge is -2.04. The summed E-state index contributed by atoms with van der Waals surface area (Å²) in [6.07, 6.45) is 1.37. The molecule has 9 heteroatoms. The van der Waals surface area contributed by atoms with E-state index in [1.54, 1.807) is 0 Å². The van der Waals surface area contributed by atoms with E-state index in [0.717, 1.165) is 0 Å². The van der Waals surface area contributed by atoms with Gasteiger partial charge in [-0.3, -0.25) is 10.1 Å². The quantitative estimate of drug-likeness (QED) is 0.541. The first-order valence-corrected chi connectivity index (χ1v) is 5.95. The molecule has 0 aliphatic rings. The first-order chi connectivity index (χ1) is 7.40. The van der Waals surface area contributed by atoms with E-state index < -0.39 is 14.9 Å². The summed E-state index contributed by atoms with van der Waals surface area (Å²) in [5.41, 5.74) is -0.211. The second kappa shape index (κ2) is 4.86. The van der Waals surface area contributed by atoms with Gasteiger partial charge in [-0.15, -0.1) is 0 Å². The number of nitrogens with zero attached hydrogens (tertiary/aromatic N) is 2. The molecule has 0 atom stereocenters. The minimum Gasteiger partial charge on any atom is -0.363 e. The molecule has 0 saturated heterocycles. The summed E-state index contributed by atoms with van der Waals surface area (Å²) in [6.45, 7) is -0.0311. The minimum atomic E-state index is -3.59. The van der Waals surface area contributed by atoms with Gasteiger partial charge in [0.25, 0.3) is 0 Å². The van der Waals surface area contributed by atoms with Crippen molar-refractivity contribution in [2.75, 3.05) is 17.6 Å². The highest BCUT2D eigenvalue weighted by atomic mass is 32.2. The number of hydrogen-bond donors (Lipinski definition) is 2. The fourth-order valence-corrected chi connectivity index (χ4v) is 1.38. The maximum absolute atomic E-state index is 10.6. The van der Waals surface area contributed by atoms with Crippen LogP contribution in [0, 0.1) is 10.1 Å². The number of pyridine rings is 1. The highest BCUT2D eigenvalue weighted by Gasteiger charge is 2.13. The summed E-state index contributed by atoms with van der Waals surface area (Å²) >= 11 is 0. The molecule has 1 aromatic heterocycles. The number of anilines is 1. The molecule has 88 valence electrons. The Bertz CT molecular complexity index is 487. The van der Waals surface area contributed by atoms with Gasteiger partial charge < -0.3 is 5.32 Å². The van der Waals surface area contributed by atoms with E-state index in [1.165, 1.54) is 18.3 Å². The van der Waals surface area contributed by atoms with Crippen LogP contribution in [-0.2, 0) is 10.0 Å². The standard InChI is InChI=1S/C7H10N4O4S/c8-16(14,15)5-4-10-7-6(11(12)13)2-1-3-9-7/h1-3H,4-5H2,(H,9,10)(H2,8,14,15). The predicted molar refractivity (Wildman–Crippen MR) is 57.4 cm³/mol. The van der Waals surface area contributed by atoms with E-state index in [0.29, 0.717) is 0 Å². The van der Waals surface area contributed by atoms with Gasteiger partial charge in [-0.2, -0.15) is 0 Å². The van der Waals surface area contributed by atoms with E-state index in [1.807, 2.05) is 0 Å². The number of hydrogen-bond acceptors (Lipinski definition) is 6. The van der Waals surface area contributed by atoms with E-state index in [2.05, 4.69) is 10.3 Å². The first kappa shape index (κ1) is 12.3. The molecule has 0 spiro atoms. The molecule has 0 aromatic carbocycles. The van der Waals surface area contributed by atoms with Crippen LogP contribution in [0.15, 0.2) is 18.3 Å². The van der Waals surface area contributed by atoms with Gasteiger partial charge >= 0.3 is 5.69 Å². The second-order valence-electron chi connectivity index (χ2n) is 2.92. The lowest BCUT2D eigenvalue weighted by atomic mass is 10.4. The summed E-state index contributed by atoms with van der Waals surface area (Å²) < 4.78 is 21.2. The molecular formula is C7H10N4O4S. The number of primary sulfonamides is 1. The fourth-order valence-electron chi connectivity index (χ4n) is 0.992. The molecule has 1 rings (SSSR count). The van der Waals surface area contributed by atoms with Crippen LogP contribution in [0.3, 0.4) is 0 Å². The Labute approximate surface area is 91.7 Å². The van der Waals surface area contributed by atoms with Gasteiger partial charge in [-0.05, 0) is 6.07 Å². The fraction of sp³-hybridized carbons (Fsp3) is 0.286. The molecule has 0 fully saturated rings. The summed E-state index contributed by atoms with van der Waals surface area (Å²) in [6, 6.07) is 2.69. The van der Waals surface area contributed by atoms with Crippen LogP contribution in [0.1, 0.15) is 0 Å². The maximum Gasteiger partial charge on any atom is 0.311 e. The van der Waals surface area contributed by atoms with E-state index in [9.17, 15) is 18.5 Å². The van der Waals surface area contributed by atoms with Gasteiger partial charge in [0.2, 0.25) is 15.8 Å². The highest BCUT2D eigenvalue weighted by molar-refractivity contribution is 7.89. The second-order valence-corrected chi connectivity index (χ2v) is 4.66. The third-order valence-corrected chi connectivity index (χ3v) is 2.44. The van der Waals surface area contributed by atoms with Crippen LogP contribution >= 0.6 is 0 Å². The van der Waals surface area contributed by atoms with Gasteiger partial charge in [0, 0.05) is 18.8 Å². The molecule has 1 heterocycles. The molecule has 0 aliphatic heterocycles. The van der Waals surface area contributed by atoms with Crippen LogP contribution < -0.4 is 10.5 Å².